The van der Waals surface area contributed by atoms with Crippen LogP contribution in [0.15, 0.2) is 0 Å². The van der Waals surface area contributed by atoms with E-state index in [2.05, 4.69) is 19.2 Å². The fraction of sp³-hybridized carbons (Fsp3) is 0.929. The standard InChI is InChI=1S/C14H29NO2/c1-3-5-6-7-8-9-10-11-13(4-2)15-14(17)12-16/h13,16H,3-12H2,1-2H3,(H,15,17). The van der Waals surface area contributed by atoms with E-state index in [1.165, 1.54) is 44.9 Å². The third-order valence-electron chi connectivity index (χ3n) is 3.16. The zero-order valence-corrected chi connectivity index (χ0v) is 11.5. The van der Waals surface area contributed by atoms with Gasteiger partial charge in [-0.05, 0) is 12.8 Å². The highest BCUT2D eigenvalue weighted by Gasteiger charge is 2.08. The molecule has 1 amide bonds. The summed E-state index contributed by atoms with van der Waals surface area (Å²) in [4.78, 5) is 11.0. The summed E-state index contributed by atoms with van der Waals surface area (Å²) in [6, 6.07) is 0.241. The summed E-state index contributed by atoms with van der Waals surface area (Å²) in [7, 11) is 0. The first-order valence-corrected chi connectivity index (χ1v) is 7.14. The minimum atomic E-state index is -0.395. The van der Waals surface area contributed by atoms with Crippen LogP contribution in [0.4, 0.5) is 0 Å². The summed E-state index contributed by atoms with van der Waals surface area (Å²) < 4.78 is 0. The molecule has 3 heteroatoms. The molecular weight excluding hydrogens is 214 g/mol. The SMILES string of the molecule is CCCCCCCCCC(CC)NC(=O)CO. The van der Waals surface area contributed by atoms with E-state index in [0.29, 0.717) is 0 Å². The molecule has 1 atom stereocenters. The van der Waals surface area contributed by atoms with Crippen LogP contribution in [0, 0.1) is 0 Å². The molecule has 0 bridgehead atoms. The van der Waals surface area contributed by atoms with Crippen LogP contribution in [0.5, 0.6) is 0 Å². The molecule has 0 aliphatic rings. The molecule has 0 saturated heterocycles. The van der Waals surface area contributed by atoms with Crippen molar-refractivity contribution in [1.82, 2.24) is 5.32 Å². The lowest BCUT2D eigenvalue weighted by Crippen LogP contribution is -2.36. The molecule has 0 aliphatic heterocycles. The van der Waals surface area contributed by atoms with E-state index in [-0.39, 0.29) is 11.9 Å². The van der Waals surface area contributed by atoms with Crippen LogP contribution in [0.3, 0.4) is 0 Å². The largest absolute Gasteiger partial charge is 0.387 e. The number of carbonyl (C=O) groups is 1. The summed E-state index contributed by atoms with van der Waals surface area (Å²) in [5.41, 5.74) is 0. The number of aliphatic hydroxyl groups is 1. The summed E-state index contributed by atoms with van der Waals surface area (Å²) >= 11 is 0. The Balaban J connectivity index is 3.40. The Morgan fingerprint density at radius 2 is 1.65 bits per heavy atom. The number of carbonyl (C=O) groups excluding carboxylic acids is 1. The highest BCUT2D eigenvalue weighted by Crippen LogP contribution is 2.10. The molecule has 0 saturated carbocycles. The van der Waals surface area contributed by atoms with Gasteiger partial charge in [0.1, 0.15) is 6.61 Å². The van der Waals surface area contributed by atoms with Crippen LogP contribution in [-0.2, 0) is 4.79 Å². The van der Waals surface area contributed by atoms with Crippen LogP contribution >= 0.6 is 0 Å². The average molecular weight is 243 g/mol. The Morgan fingerprint density at radius 3 is 2.18 bits per heavy atom. The van der Waals surface area contributed by atoms with E-state index >= 15 is 0 Å². The minimum Gasteiger partial charge on any atom is -0.387 e. The second kappa shape index (κ2) is 11.9. The first-order valence-electron chi connectivity index (χ1n) is 7.14. The number of hydrogen-bond acceptors (Lipinski definition) is 2. The maximum absolute atomic E-state index is 11.0. The number of nitrogens with one attached hydrogen (secondary N) is 1. The van der Waals surface area contributed by atoms with Crippen molar-refractivity contribution < 1.29 is 9.90 Å². The van der Waals surface area contributed by atoms with Crippen LogP contribution in [0.1, 0.15) is 71.6 Å². The molecule has 0 radical (unpaired) electrons. The number of rotatable bonds is 11. The summed E-state index contributed by atoms with van der Waals surface area (Å²) in [5.74, 6) is -0.250. The quantitative estimate of drug-likeness (QED) is 0.548. The Labute approximate surface area is 106 Å². The monoisotopic (exact) mass is 243 g/mol. The molecule has 1 unspecified atom stereocenters. The number of aliphatic hydroxyl groups excluding tert-OH is 1. The molecule has 0 aromatic heterocycles. The topological polar surface area (TPSA) is 49.3 Å². The van der Waals surface area contributed by atoms with Gasteiger partial charge < -0.3 is 10.4 Å². The van der Waals surface area contributed by atoms with E-state index in [4.69, 9.17) is 5.11 Å². The normalized spacial score (nSPS) is 12.4. The first-order chi connectivity index (χ1) is 8.24. The van der Waals surface area contributed by atoms with Gasteiger partial charge in [-0.1, -0.05) is 58.8 Å². The first kappa shape index (κ1) is 16.4. The van der Waals surface area contributed by atoms with Crippen molar-refractivity contribution in [3.63, 3.8) is 0 Å². The number of amides is 1. The van der Waals surface area contributed by atoms with E-state index in [1.807, 2.05) is 0 Å². The van der Waals surface area contributed by atoms with Gasteiger partial charge in [0, 0.05) is 6.04 Å². The Kier molecular flexibility index (Phi) is 11.5. The maximum atomic E-state index is 11.0. The van der Waals surface area contributed by atoms with Gasteiger partial charge in [0.2, 0.25) is 5.91 Å². The third kappa shape index (κ3) is 10.3. The van der Waals surface area contributed by atoms with Gasteiger partial charge in [-0.3, -0.25) is 4.79 Å². The lowest BCUT2D eigenvalue weighted by atomic mass is 10.0. The Hall–Kier alpha value is -0.570. The number of hydrogen-bond donors (Lipinski definition) is 2. The van der Waals surface area contributed by atoms with Gasteiger partial charge in [-0.2, -0.15) is 0 Å². The van der Waals surface area contributed by atoms with Gasteiger partial charge in [0.15, 0.2) is 0 Å². The molecule has 102 valence electrons. The highest BCUT2D eigenvalue weighted by molar-refractivity contribution is 5.77. The van der Waals surface area contributed by atoms with E-state index < -0.39 is 6.61 Å². The van der Waals surface area contributed by atoms with E-state index in [9.17, 15) is 4.79 Å². The molecule has 0 spiro atoms. The van der Waals surface area contributed by atoms with Crippen molar-refractivity contribution in [1.29, 1.82) is 0 Å². The van der Waals surface area contributed by atoms with Crippen molar-refractivity contribution in [2.45, 2.75) is 77.7 Å². The predicted molar refractivity (Wildman–Crippen MR) is 71.9 cm³/mol. The van der Waals surface area contributed by atoms with Crippen molar-refractivity contribution in [2.75, 3.05) is 6.61 Å². The summed E-state index contributed by atoms with van der Waals surface area (Å²) in [5, 5.41) is 11.5. The highest BCUT2D eigenvalue weighted by atomic mass is 16.3. The van der Waals surface area contributed by atoms with Crippen LogP contribution in [0.25, 0.3) is 0 Å². The molecule has 0 rings (SSSR count). The van der Waals surface area contributed by atoms with Crippen molar-refractivity contribution in [3.05, 3.63) is 0 Å². The lowest BCUT2D eigenvalue weighted by molar-refractivity contribution is -0.124. The fourth-order valence-corrected chi connectivity index (χ4v) is 2.00. The molecular formula is C14H29NO2. The summed E-state index contributed by atoms with van der Waals surface area (Å²) in [6.07, 6.45) is 11.1. The van der Waals surface area contributed by atoms with Gasteiger partial charge in [-0.25, -0.2) is 0 Å². The molecule has 0 aromatic carbocycles. The Morgan fingerprint density at radius 1 is 1.06 bits per heavy atom. The average Bonchev–Trinajstić information content (AvgIpc) is 2.35. The van der Waals surface area contributed by atoms with E-state index in [1.54, 1.807) is 0 Å². The second-order valence-corrected chi connectivity index (χ2v) is 4.74. The van der Waals surface area contributed by atoms with Crippen molar-refractivity contribution >= 4 is 5.91 Å². The number of unbranched alkanes of at least 4 members (excludes halogenated alkanes) is 6. The summed E-state index contributed by atoms with van der Waals surface area (Å²) in [6.45, 7) is 3.91. The molecule has 2 N–H and O–H groups in total. The van der Waals surface area contributed by atoms with E-state index in [0.717, 1.165) is 12.8 Å². The van der Waals surface area contributed by atoms with Crippen molar-refractivity contribution in [2.24, 2.45) is 0 Å². The molecule has 0 aromatic rings. The maximum Gasteiger partial charge on any atom is 0.245 e. The molecule has 0 heterocycles. The zero-order chi connectivity index (χ0) is 12.9. The van der Waals surface area contributed by atoms with Gasteiger partial charge >= 0.3 is 0 Å². The Bertz CT molecular complexity index is 183. The van der Waals surface area contributed by atoms with Gasteiger partial charge in [0.05, 0.1) is 0 Å². The zero-order valence-electron chi connectivity index (χ0n) is 11.5. The van der Waals surface area contributed by atoms with Crippen LogP contribution in [-0.4, -0.2) is 23.7 Å². The van der Waals surface area contributed by atoms with Gasteiger partial charge in [-0.15, -0.1) is 0 Å². The fourth-order valence-electron chi connectivity index (χ4n) is 2.00. The molecule has 0 aliphatic carbocycles. The third-order valence-corrected chi connectivity index (χ3v) is 3.16. The molecule has 0 fully saturated rings. The predicted octanol–water partition coefficient (Wildman–Crippen LogP) is 3.01. The van der Waals surface area contributed by atoms with Crippen LogP contribution in [0.2, 0.25) is 0 Å². The second-order valence-electron chi connectivity index (χ2n) is 4.74. The molecule has 3 nitrogen and oxygen atoms in total. The van der Waals surface area contributed by atoms with Crippen molar-refractivity contribution in [3.8, 4) is 0 Å². The smallest absolute Gasteiger partial charge is 0.245 e. The van der Waals surface area contributed by atoms with Gasteiger partial charge in [0.25, 0.3) is 0 Å². The lowest BCUT2D eigenvalue weighted by Gasteiger charge is -2.16. The molecule has 17 heavy (non-hydrogen) atoms. The minimum absolute atomic E-state index is 0.241. The van der Waals surface area contributed by atoms with Crippen LogP contribution < -0.4 is 5.32 Å².